The van der Waals surface area contributed by atoms with Crippen LogP contribution < -0.4 is 0 Å². The molecule has 0 saturated heterocycles. The predicted octanol–water partition coefficient (Wildman–Crippen LogP) is 3.26. The fourth-order valence-electron chi connectivity index (χ4n) is 2.51. The SMILES string of the molecule is CCc1[nH]c(-c2c(C)cc(C)cc2C)nc1C(=O)O. The molecule has 19 heavy (non-hydrogen) atoms. The number of aromatic nitrogens is 2. The van der Waals surface area contributed by atoms with Gasteiger partial charge in [-0.3, -0.25) is 0 Å². The fraction of sp³-hybridized carbons (Fsp3) is 0.333. The number of carboxylic acids is 1. The van der Waals surface area contributed by atoms with Crippen molar-refractivity contribution in [1.29, 1.82) is 0 Å². The minimum atomic E-state index is -0.984. The normalized spacial score (nSPS) is 10.7. The van der Waals surface area contributed by atoms with Gasteiger partial charge in [0.1, 0.15) is 5.82 Å². The van der Waals surface area contributed by atoms with Crippen molar-refractivity contribution in [2.75, 3.05) is 0 Å². The largest absolute Gasteiger partial charge is 0.476 e. The third kappa shape index (κ3) is 2.38. The summed E-state index contributed by atoms with van der Waals surface area (Å²) in [6, 6.07) is 4.16. The maximum Gasteiger partial charge on any atom is 0.356 e. The number of nitrogens with zero attached hydrogens (tertiary/aromatic N) is 1. The summed E-state index contributed by atoms with van der Waals surface area (Å²) in [6.45, 7) is 8.00. The van der Waals surface area contributed by atoms with Gasteiger partial charge in [0.25, 0.3) is 0 Å². The number of hydrogen-bond acceptors (Lipinski definition) is 2. The molecule has 1 aromatic heterocycles. The van der Waals surface area contributed by atoms with Crippen molar-refractivity contribution in [3.63, 3.8) is 0 Å². The minimum absolute atomic E-state index is 0.122. The lowest BCUT2D eigenvalue weighted by molar-refractivity contribution is 0.0690. The number of imidazole rings is 1. The van der Waals surface area contributed by atoms with E-state index in [4.69, 9.17) is 5.11 Å². The number of aromatic amines is 1. The Bertz CT molecular complexity index is 619. The third-order valence-corrected chi connectivity index (χ3v) is 3.25. The third-order valence-electron chi connectivity index (χ3n) is 3.25. The van der Waals surface area contributed by atoms with Gasteiger partial charge in [0.2, 0.25) is 0 Å². The molecule has 4 heteroatoms. The van der Waals surface area contributed by atoms with Gasteiger partial charge in [-0.1, -0.05) is 24.6 Å². The number of carbonyl (C=O) groups is 1. The fourth-order valence-corrected chi connectivity index (χ4v) is 2.51. The lowest BCUT2D eigenvalue weighted by atomic mass is 9.99. The lowest BCUT2D eigenvalue weighted by Gasteiger charge is -2.08. The molecule has 0 aliphatic carbocycles. The summed E-state index contributed by atoms with van der Waals surface area (Å²) in [5.41, 5.74) is 5.18. The van der Waals surface area contributed by atoms with Crippen molar-refractivity contribution in [1.82, 2.24) is 9.97 Å². The van der Waals surface area contributed by atoms with Gasteiger partial charge in [0.15, 0.2) is 5.69 Å². The van der Waals surface area contributed by atoms with E-state index in [9.17, 15) is 4.79 Å². The minimum Gasteiger partial charge on any atom is -0.476 e. The van der Waals surface area contributed by atoms with E-state index in [2.05, 4.69) is 22.1 Å². The molecule has 4 nitrogen and oxygen atoms in total. The van der Waals surface area contributed by atoms with Gasteiger partial charge >= 0.3 is 5.97 Å². The Balaban J connectivity index is 2.63. The van der Waals surface area contributed by atoms with Crippen LogP contribution in [-0.2, 0) is 6.42 Å². The van der Waals surface area contributed by atoms with Crippen molar-refractivity contribution < 1.29 is 9.90 Å². The van der Waals surface area contributed by atoms with Crippen LogP contribution in [0.15, 0.2) is 12.1 Å². The van der Waals surface area contributed by atoms with Crippen LogP contribution in [0.5, 0.6) is 0 Å². The molecule has 0 amide bonds. The van der Waals surface area contributed by atoms with Crippen LogP contribution in [-0.4, -0.2) is 21.0 Å². The zero-order valence-corrected chi connectivity index (χ0v) is 11.7. The summed E-state index contributed by atoms with van der Waals surface area (Å²) in [7, 11) is 0. The van der Waals surface area contributed by atoms with E-state index >= 15 is 0 Å². The molecule has 0 spiro atoms. The average Bonchev–Trinajstić information content (AvgIpc) is 2.71. The summed E-state index contributed by atoms with van der Waals surface area (Å²) in [5, 5.41) is 9.16. The smallest absolute Gasteiger partial charge is 0.356 e. The molecule has 0 unspecified atom stereocenters. The molecule has 1 aromatic carbocycles. The highest BCUT2D eigenvalue weighted by atomic mass is 16.4. The topological polar surface area (TPSA) is 66.0 Å². The molecule has 0 atom stereocenters. The molecule has 0 saturated carbocycles. The standard InChI is InChI=1S/C15H18N2O2/c1-5-11-13(15(18)19)17-14(16-11)12-9(3)6-8(2)7-10(12)4/h6-7H,5H2,1-4H3,(H,16,17)(H,18,19). The van der Waals surface area contributed by atoms with Crippen molar-refractivity contribution >= 4 is 5.97 Å². The van der Waals surface area contributed by atoms with Gasteiger partial charge in [-0.25, -0.2) is 9.78 Å². The molecular weight excluding hydrogens is 240 g/mol. The molecular formula is C15H18N2O2. The van der Waals surface area contributed by atoms with Gasteiger partial charge < -0.3 is 10.1 Å². The first-order valence-electron chi connectivity index (χ1n) is 6.34. The average molecular weight is 258 g/mol. The Hall–Kier alpha value is -2.10. The predicted molar refractivity (Wildman–Crippen MR) is 74.6 cm³/mol. The van der Waals surface area contributed by atoms with Crippen LogP contribution in [0, 0.1) is 20.8 Å². The number of nitrogens with one attached hydrogen (secondary N) is 1. The zero-order valence-electron chi connectivity index (χ0n) is 11.7. The van der Waals surface area contributed by atoms with E-state index in [1.54, 1.807) is 0 Å². The second-order valence-corrected chi connectivity index (χ2v) is 4.84. The van der Waals surface area contributed by atoms with E-state index in [1.807, 2.05) is 27.7 Å². The molecule has 0 aliphatic heterocycles. The Kier molecular flexibility index (Phi) is 3.42. The van der Waals surface area contributed by atoms with Crippen molar-refractivity contribution in [3.8, 4) is 11.4 Å². The molecule has 0 bridgehead atoms. The summed E-state index contributed by atoms with van der Waals surface area (Å²) in [4.78, 5) is 18.6. The number of aromatic carboxylic acids is 1. The van der Waals surface area contributed by atoms with Crippen LogP contribution in [0.4, 0.5) is 0 Å². The zero-order chi connectivity index (χ0) is 14.2. The van der Waals surface area contributed by atoms with Crippen molar-refractivity contribution in [2.45, 2.75) is 34.1 Å². The van der Waals surface area contributed by atoms with E-state index < -0.39 is 5.97 Å². The monoisotopic (exact) mass is 258 g/mol. The number of rotatable bonds is 3. The number of aryl methyl sites for hydroxylation is 4. The van der Waals surface area contributed by atoms with Gasteiger partial charge in [-0.15, -0.1) is 0 Å². The number of hydrogen-bond donors (Lipinski definition) is 2. The summed E-state index contributed by atoms with van der Waals surface area (Å²) in [5.74, 6) is -0.342. The first-order chi connectivity index (χ1) is 8.93. The Morgan fingerprint density at radius 3 is 2.26 bits per heavy atom. The van der Waals surface area contributed by atoms with Gasteiger partial charge in [0, 0.05) is 11.3 Å². The second-order valence-electron chi connectivity index (χ2n) is 4.84. The molecule has 2 N–H and O–H groups in total. The highest BCUT2D eigenvalue weighted by molar-refractivity contribution is 5.88. The highest BCUT2D eigenvalue weighted by Gasteiger charge is 2.18. The van der Waals surface area contributed by atoms with E-state index in [0.29, 0.717) is 17.9 Å². The van der Waals surface area contributed by atoms with Crippen LogP contribution in [0.25, 0.3) is 11.4 Å². The Morgan fingerprint density at radius 1 is 1.26 bits per heavy atom. The maximum absolute atomic E-state index is 11.2. The number of benzene rings is 1. The highest BCUT2D eigenvalue weighted by Crippen LogP contribution is 2.27. The summed E-state index contributed by atoms with van der Waals surface area (Å²) in [6.07, 6.45) is 0.624. The van der Waals surface area contributed by atoms with E-state index in [0.717, 1.165) is 16.7 Å². The van der Waals surface area contributed by atoms with Crippen LogP contribution in [0.2, 0.25) is 0 Å². The van der Waals surface area contributed by atoms with Crippen LogP contribution in [0.3, 0.4) is 0 Å². The van der Waals surface area contributed by atoms with Crippen LogP contribution >= 0.6 is 0 Å². The van der Waals surface area contributed by atoms with Gasteiger partial charge in [-0.2, -0.15) is 0 Å². The first kappa shape index (κ1) is 13.3. The first-order valence-corrected chi connectivity index (χ1v) is 6.34. The molecule has 0 radical (unpaired) electrons. The van der Waals surface area contributed by atoms with E-state index in [-0.39, 0.29) is 5.69 Å². The summed E-state index contributed by atoms with van der Waals surface area (Å²) < 4.78 is 0. The molecule has 0 fully saturated rings. The Labute approximate surface area is 112 Å². The Morgan fingerprint density at radius 2 is 1.84 bits per heavy atom. The van der Waals surface area contributed by atoms with Crippen molar-refractivity contribution in [3.05, 3.63) is 40.2 Å². The molecule has 2 rings (SSSR count). The molecule has 1 heterocycles. The quantitative estimate of drug-likeness (QED) is 0.888. The van der Waals surface area contributed by atoms with Gasteiger partial charge in [-0.05, 0) is 38.3 Å². The summed E-state index contributed by atoms with van der Waals surface area (Å²) >= 11 is 0. The van der Waals surface area contributed by atoms with Gasteiger partial charge in [0.05, 0.1) is 0 Å². The molecule has 2 aromatic rings. The molecule has 100 valence electrons. The number of H-pyrrole nitrogens is 1. The van der Waals surface area contributed by atoms with E-state index in [1.165, 1.54) is 5.56 Å². The van der Waals surface area contributed by atoms with Crippen LogP contribution in [0.1, 0.15) is 39.8 Å². The molecule has 0 aliphatic rings. The lowest BCUT2D eigenvalue weighted by Crippen LogP contribution is -2.00. The number of carboxylic acid groups (broad SMARTS) is 1. The maximum atomic E-state index is 11.2. The van der Waals surface area contributed by atoms with Crippen molar-refractivity contribution in [2.24, 2.45) is 0 Å². The second kappa shape index (κ2) is 4.88.